The number of aromatic amines is 1. The second kappa shape index (κ2) is 6.22. The fourth-order valence-electron chi connectivity index (χ4n) is 1.94. The van der Waals surface area contributed by atoms with Crippen LogP contribution in [-0.2, 0) is 9.63 Å². The summed E-state index contributed by atoms with van der Waals surface area (Å²) < 4.78 is 10.7. The Morgan fingerprint density at radius 2 is 2.27 bits per heavy atom. The SMILES string of the molecule is CO[NH2+]c1cc2c(cc1-c1nc(SCC(=O)O)n[nH]1)OCO2. The molecule has 0 radical (unpaired) electrons. The highest BCUT2D eigenvalue weighted by atomic mass is 32.2. The van der Waals surface area contributed by atoms with Crippen molar-refractivity contribution in [1.82, 2.24) is 15.2 Å². The van der Waals surface area contributed by atoms with Crippen molar-refractivity contribution in [1.29, 1.82) is 0 Å². The molecule has 2 heterocycles. The molecule has 4 N–H and O–H groups in total. The Morgan fingerprint density at radius 1 is 1.50 bits per heavy atom. The van der Waals surface area contributed by atoms with E-state index in [1.165, 1.54) is 0 Å². The number of nitrogens with one attached hydrogen (secondary N) is 1. The number of carboxylic acids is 1. The fraction of sp³-hybridized carbons (Fsp3) is 0.250. The van der Waals surface area contributed by atoms with Crippen LogP contribution in [0.15, 0.2) is 17.3 Å². The summed E-state index contributed by atoms with van der Waals surface area (Å²) >= 11 is 1.04. The number of nitrogens with zero attached hydrogens (tertiary/aromatic N) is 2. The van der Waals surface area contributed by atoms with E-state index in [0.29, 0.717) is 22.5 Å². The molecule has 0 aliphatic carbocycles. The highest BCUT2D eigenvalue weighted by molar-refractivity contribution is 7.99. The number of carboxylic acid groups (broad SMARTS) is 1. The summed E-state index contributed by atoms with van der Waals surface area (Å²) in [5.74, 6) is 0.712. The van der Waals surface area contributed by atoms with Crippen LogP contribution in [0.2, 0.25) is 0 Å². The van der Waals surface area contributed by atoms with Crippen LogP contribution in [0.5, 0.6) is 11.5 Å². The van der Waals surface area contributed by atoms with Crippen molar-refractivity contribution in [2.45, 2.75) is 5.16 Å². The van der Waals surface area contributed by atoms with Gasteiger partial charge in [-0.15, -0.1) is 5.10 Å². The van der Waals surface area contributed by atoms with Gasteiger partial charge in [0.2, 0.25) is 11.9 Å². The van der Waals surface area contributed by atoms with Gasteiger partial charge in [0, 0.05) is 12.1 Å². The number of hydrogen-bond acceptors (Lipinski definition) is 7. The number of aromatic nitrogens is 3. The number of hydrogen-bond donors (Lipinski definition) is 3. The van der Waals surface area contributed by atoms with Crippen molar-refractivity contribution in [3.8, 4) is 22.9 Å². The smallest absolute Gasteiger partial charge is 0.313 e. The van der Waals surface area contributed by atoms with Crippen LogP contribution in [0, 0.1) is 0 Å². The number of H-pyrrole nitrogens is 1. The van der Waals surface area contributed by atoms with Crippen molar-refractivity contribution >= 4 is 23.4 Å². The summed E-state index contributed by atoms with van der Waals surface area (Å²) in [4.78, 5) is 19.9. The van der Waals surface area contributed by atoms with Crippen LogP contribution in [0.4, 0.5) is 5.69 Å². The maximum atomic E-state index is 10.6. The lowest BCUT2D eigenvalue weighted by Gasteiger charge is -2.04. The zero-order chi connectivity index (χ0) is 15.5. The molecular weight excluding hydrogens is 312 g/mol. The summed E-state index contributed by atoms with van der Waals surface area (Å²) in [7, 11) is 1.54. The minimum absolute atomic E-state index is 0.102. The van der Waals surface area contributed by atoms with Crippen molar-refractivity contribution in [3.05, 3.63) is 12.1 Å². The van der Waals surface area contributed by atoms with Gasteiger partial charge >= 0.3 is 5.97 Å². The zero-order valence-corrected chi connectivity index (χ0v) is 12.3. The third-order valence-electron chi connectivity index (χ3n) is 2.83. The third kappa shape index (κ3) is 2.98. The van der Waals surface area contributed by atoms with Crippen LogP contribution in [0.25, 0.3) is 11.4 Å². The predicted octanol–water partition coefficient (Wildman–Crippen LogP) is 0.133. The second-order valence-electron chi connectivity index (χ2n) is 4.30. The average molecular weight is 325 g/mol. The Balaban J connectivity index is 1.91. The van der Waals surface area contributed by atoms with Crippen molar-refractivity contribution in [2.24, 2.45) is 0 Å². The normalized spacial score (nSPS) is 12.6. The topological polar surface area (TPSA) is 123 Å². The minimum atomic E-state index is -0.923. The predicted molar refractivity (Wildman–Crippen MR) is 74.9 cm³/mol. The lowest BCUT2D eigenvalue weighted by atomic mass is 10.1. The maximum Gasteiger partial charge on any atom is 0.313 e. The summed E-state index contributed by atoms with van der Waals surface area (Å²) in [5, 5.41) is 15.8. The summed E-state index contributed by atoms with van der Waals surface area (Å²) in [6.45, 7) is 0.168. The number of aliphatic carboxylic acids is 1. The van der Waals surface area contributed by atoms with Gasteiger partial charge in [-0.25, -0.2) is 9.82 Å². The van der Waals surface area contributed by atoms with E-state index >= 15 is 0 Å². The molecule has 0 fully saturated rings. The van der Waals surface area contributed by atoms with Gasteiger partial charge in [0.25, 0.3) is 0 Å². The number of quaternary nitrogens is 1. The Kier molecular flexibility index (Phi) is 4.13. The van der Waals surface area contributed by atoms with Gasteiger partial charge in [0.15, 0.2) is 23.0 Å². The van der Waals surface area contributed by atoms with E-state index in [9.17, 15) is 4.79 Å². The summed E-state index contributed by atoms with van der Waals surface area (Å²) in [6, 6.07) is 3.56. The highest BCUT2D eigenvalue weighted by Crippen LogP contribution is 2.38. The Morgan fingerprint density at radius 3 is 3.00 bits per heavy atom. The van der Waals surface area contributed by atoms with Gasteiger partial charge in [-0.3, -0.25) is 9.89 Å². The standard InChI is InChI=1S/C12H12N4O5S/c1-19-16-7-3-9-8(20-5-21-9)2-6(7)11-13-12(15-14-11)22-4-10(17)18/h2-3,16H,4-5H2,1H3,(H,17,18)(H,13,14,15)/p+1. The molecule has 0 spiro atoms. The van der Waals surface area contributed by atoms with E-state index in [1.807, 2.05) is 0 Å². The Labute approximate surface area is 128 Å². The van der Waals surface area contributed by atoms with Gasteiger partial charge in [-0.05, 0) is 0 Å². The van der Waals surface area contributed by atoms with E-state index in [1.54, 1.807) is 24.7 Å². The first-order valence-corrected chi connectivity index (χ1v) is 7.23. The van der Waals surface area contributed by atoms with Crippen LogP contribution < -0.4 is 15.0 Å². The van der Waals surface area contributed by atoms with E-state index in [2.05, 4.69) is 15.2 Å². The average Bonchev–Trinajstić information content (AvgIpc) is 3.13. The van der Waals surface area contributed by atoms with Crippen LogP contribution in [-0.4, -0.2) is 45.9 Å². The third-order valence-corrected chi connectivity index (χ3v) is 3.67. The molecule has 0 atom stereocenters. The van der Waals surface area contributed by atoms with E-state index < -0.39 is 5.97 Å². The molecule has 1 aromatic heterocycles. The zero-order valence-electron chi connectivity index (χ0n) is 11.5. The van der Waals surface area contributed by atoms with Gasteiger partial charge in [0.05, 0.1) is 18.4 Å². The molecule has 2 aromatic rings. The second-order valence-corrected chi connectivity index (χ2v) is 5.24. The highest BCUT2D eigenvalue weighted by Gasteiger charge is 2.22. The number of ether oxygens (including phenoxy) is 2. The molecule has 0 amide bonds. The van der Waals surface area contributed by atoms with Gasteiger partial charge < -0.3 is 14.6 Å². The Hall–Kier alpha value is -2.30. The number of carbonyl (C=O) groups is 1. The first kappa shape index (κ1) is 14.6. The quantitative estimate of drug-likeness (QED) is 0.389. The van der Waals surface area contributed by atoms with Gasteiger partial charge in [-0.1, -0.05) is 11.8 Å². The largest absolute Gasteiger partial charge is 0.481 e. The van der Waals surface area contributed by atoms with E-state index in [-0.39, 0.29) is 12.5 Å². The summed E-state index contributed by atoms with van der Waals surface area (Å²) in [6.07, 6.45) is 0. The van der Waals surface area contributed by atoms with Crippen LogP contribution >= 0.6 is 11.8 Å². The molecule has 0 bridgehead atoms. The number of rotatable bonds is 6. The molecule has 1 aliphatic heterocycles. The van der Waals surface area contributed by atoms with Gasteiger partial charge in [-0.2, -0.15) is 5.48 Å². The molecule has 0 saturated heterocycles. The van der Waals surface area contributed by atoms with Crippen LogP contribution in [0.1, 0.15) is 0 Å². The van der Waals surface area contributed by atoms with Crippen LogP contribution in [0.3, 0.4) is 0 Å². The monoisotopic (exact) mass is 325 g/mol. The molecular formula is C12H13N4O5S+. The van der Waals surface area contributed by atoms with Crippen molar-refractivity contribution in [2.75, 3.05) is 19.7 Å². The van der Waals surface area contributed by atoms with E-state index in [0.717, 1.165) is 23.0 Å². The number of nitrogens with two attached hydrogens (primary N) is 1. The molecule has 1 aliphatic rings. The van der Waals surface area contributed by atoms with E-state index in [4.69, 9.17) is 19.4 Å². The maximum absolute atomic E-state index is 10.6. The molecule has 1 aromatic carbocycles. The fourth-order valence-corrected chi connectivity index (χ4v) is 2.46. The summed E-state index contributed by atoms with van der Waals surface area (Å²) in [5.41, 5.74) is 3.03. The molecule has 3 rings (SSSR count). The van der Waals surface area contributed by atoms with Crippen molar-refractivity contribution < 1.29 is 29.7 Å². The molecule has 0 saturated carbocycles. The molecule has 9 nitrogen and oxygen atoms in total. The molecule has 10 heteroatoms. The van der Waals surface area contributed by atoms with Gasteiger partial charge in [0.1, 0.15) is 0 Å². The molecule has 22 heavy (non-hydrogen) atoms. The number of fused-ring (bicyclic) bond motifs is 1. The van der Waals surface area contributed by atoms with Crippen molar-refractivity contribution in [3.63, 3.8) is 0 Å². The lowest BCUT2D eigenvalue weighted by molar-refractivity contribution is -0.829. The molecule has 116 valence electrons. The Bertz CT molecular complexity index is 705. The number of benzene rings is 1. The first-order valence-electron chi connectivity index (χ1n) is 6.24. The first-order chi connectivity index (χ1) is 10.7. The minimum Gasteiger partial charge on any atom is -0.481 e. The number of thioether (sulfide) groups is 1. The lowest BCUT2D eigenvalue weighted by Crippen LogP contribution is -2.76. The molecule has 0 unspecified atom stereocenters.